The van der Waals surface area contributed by atoms with Crippen molar-refractivity contribution in [3.05, 3.63) is 59.2 Å². The lowest BCUT2D eigenvalue weighted by Gasteiger charge is -2.09. The number of ketones is 1. The van der Waals surface area contributed by atoms with Gasteiger partial charge in [-0.3, -0.25) is 4.79 Å². The van der Waals surface area contributed by atoms with Gasteiger partial charge in [-0.1, -0.05) is 6.07 Å². The van der Waals surface area contributed by atoms with E-state index in [2.05, 4.69) is 0 Å². The van der Waals surface area contributed by atoms with E-state index >= 15 is 0 Å². The molecule has 0 spiro atoms. The third-order valence-corrected chi connectivity index (χ3v) is 2.65. The number of benzene rings is 2. The molecule has 0 atom stereocenters. The van der Waals surface area contributed by atoms with Crippen molar-refractivity contribution < 1.29 is 18.3 Å². The van der Waals surface area contributed by atoms with E-state index in [1.165, 1.54) is 31.2 Å². The summed E-state index contributed by atoms with van der Waals surface area (Å²) in [7, 11) is 0. The van der Waals surface area contributed by atoms with Crippen LogP contribution in [0.3, 0.4) is 0 Å². The number of carbonyl (C=O) groups is 1. The zero-order valence-electron chi connectivity index (χ0n) is 10.5. The number of nitrogens with zero attached hydrogens (tertiary/aromatic N) is 1. The van der Waals surface area contributed by atoms with Gasteiger partial charge in [-0.2, -0.15) is 5.26 Å². The van der Waals surface area contributed by atoms with Crippen molar-refractivity contribution in [2.24, 2.45) is 0 Å². The largest absolute Gasteiger partial charge is 0.453 e. The predicted molar refractivity (Wildman–Crippen MR) is 67.6 cm³/mol. The fourth-order valence-electron chi connectivity index (χ4n) is 1.62. The first-order chi connectivity index (χ1) is 9.52. The van der Waals surface area contributed by atoms with Gasteiger partial charge in [0.15, 0.2) is 17.3 Å². The summed E-state index contributed by atoms with van der Waals surface area (Å²) in [6.07, 6.45) is 0. The van der Waals surface area contributed by atoms with Crippen LogP contribution < -0.4 is 4.74 Å². The van der Waals surface area contributed by atoms with Gasteiger partial charge in [-0.15, -0.1) is 0 Å². The second-order valence-electron chi connectivity index (χ2n) is 4.03. The topological polar surface area (TPSA) is 50.1 Å². The van der Waals surface area contributed by atoms with Crippen molar-refractivity contribution >= 4 is 5.78 Å². The Labute approximate surface area is 114 Å². The highest BCUT2D eigenvalue weighted by atomic mass is 19.1. The molecule has 0 N–H and O–H groups in total. The molecule has 0 saturated carbocycles. The van der Waals surface area contributed by atoms with E-state index in [-0.39, 0.29) is 28.4 Å². The summed E-state index contributed by atoms with van der Waals surface area (Å²) in [5.74, 6) is -2.05. The lowest BCUT2D eigenvalue weighted by molar-refractivity contribution is 0.101. The maximum absolute atomic E-state index is 13.8. The quantitative estimate of drug-likeness (QED) is 0.798. The van der Waals surface area contributed by atoms with Crippen LogP contribution in [0.4, 0.5) is 8.78 Å². The summed E-state index contributed by atoms with van der Waals surface area (Å²) in [6.45, 7) is 1.32. The number of hydrogen-bond acceptors (Lipinski definition) is 3. The van der Waals surface area contributed by atoms with Crippen molar-refractivity contribution in [3.63, 3.8) is 0 Å². The average Bonchev–Trinajstić information content (AvgIpc) is 2.41. The van der Waals surface area contributed by atoms with E-state index in [0.29, 0.717) is 0 Å². The Balaban J connectivity index is 2.39. The SMILES string of the molecule is CC(=O)c1ccc(Oc2cccc(F)c2C#N)c(F)c1. The van der Waals surface area contributed by atoms with Crippen molar-refractivity contribution in [1.29, 1.82) is 5.26 Å². The minimum absolute atomic E-state index is 0.0815. The minimum atomic E-state index is -0.758. The van der Waals surface area contributed by atoms with Gasteiger partial charge in [0.1, 0.15) is 23.2 Å². The predicted octanol–water partition coefficient (Wildman–Crippen LogP) is 3.83. The molecular weight excluding hydrogens is 264 g/mol. The molecule has 0 fully saturated rings. The van der Waals surface area contributed by atoms with Crippen molar-refractivity contribution in [2.75, 3.05) is 0 Å². The van der Waals surface area contributed by atoms with Gasteiger partial charge >= 0.3 is 0 Å². The van der Waals surface area contributed by atoms with E-state index in [1.807, 2.05) is 0 Å². The monoisotopic (exact) mass is 273 g/mol. The number of rotatable bonds is 3. The van der Waals surface area contributed by atoms with Gasteiger partial charge in [0.2, 0.25) is 0 Å². The molecule has 0 aliphatic carbocycles. The fraction of sp³-hybridized carbons (Fsp3) is 0.0667. The first-order valence-electron chi connectivity index (χ1n) is 5.70. The Kier molecular flexibility index (Phi) is 3.76. The molecule has 0 aromatic heterocycles. The molecule has 3 nitrogen and oxygen atoms in total. The summed E-state index contributed by atoms with van der Waals surface area (Å²) < 4.78 is 32.4. The van der Waals surface area contributed by atoms with Crippen LogP contribution in [0.2, 0.25) is 0 Å². The Bertz CT molecular complexity index is 720. The van der Waals surface area contributed by atoms with Gasteiger partial charge in [0, 0.05) is 5.56 Å². The standard InChI is InChI=1S/C15H9F2NO2/c1-9(19)10-5-6-15(13(17)7-10)20-14-4-2-3-12(16)11(14)8-18/h2-7H,1H3. The van der Waals surface area contributed by atoms with Crippen LogP contribution in [-0.2, 0) is 0 Å². The third-order valence-electron chi connectivity index (χ3n) is 2.65. The van der Waals surface area contributed by atoms with Gasteiger partial charge in [0.25, 0.3) is 0 Å². The molecule has 2 aromatic carbocycles. The number of Topliss-reactive ketones (excluding diaryl/α,β-unsaturated/α-hetero) is 1. The van der Waals surface area contributed by atoms with Crippen LogP contribution in [0.5, 0.6) is 11.5 Å². The van der Waals surface area contributed by atoms with Crippen LogP contribution in [0.15, 0.2) is 36.4 Å². The highest BCUT2D eigenvalue weighted by Gasteiger charge is 2.13. The number of hydrogen-bond donors (Lipinski definition) is 0. The van der Waals surface area contributed by atoms with E-state index in [0.717, 1.165) is 12.1 Å². The lowest BCUT2D eigenvalue weighted by Crippen LogP contribution is -1.97. The first-order valence-corrected chi connectivity index (χ1v) is 5.70. The van der Waals surface area contributed by atoms with E-state index in [4.69, 9.17) is 10.00 Å². The zero-order valence-corrected chi connectivity index (χ0v) is 10.5. The van der Waals surface area contributed by atoms with E-state index < -0.39 is 11.6 Å². The summed E-state index contributed by atoms with van der Waals surface area (Å²) in [6, 6.07) is 9.17. The molecule has 0 radical (unpaired) electrons. The molecule has 2 rings (SSSR count). The Morgan fingerprint density at radius 1 is 1.15 bits per heavy atom. The van der Waals surface area contributed by atoms with Gasteiger partial charge in [-0.25, -0.2) is 8.78 Å². The minimum Gasteiger partial charge on any atom is -0.453 e. The van der Waals surface area contributed by atoms with E-state index in [9.17, 15) is 13.6 Å². The first kappa shape index (κ1) is 13.7. The Hall–Kier alpha value is -2.74. The highest BCUT2D eigenvalue weighted by molar-refractivity contribution is 5.94. The highest BCUT2D eigenvalue weighted by Crippen LogP contribution is 2.29. The third kappa shape index (κ3) is 2.64. The molecule has 0 saturated heterocycles. The average molecular weight is 273 g/mol. The lowest BCUT2D eigenvalue weighted by atomic mass is 10.1. The normalized spacial score (nSPS) is 9.90. The fourth-order valence-corrected chi connectivity index (χ4v) is 1.62. The molecule has 0 heterocycles. The molecule has 2 aromatic rings. The van der Waals surface area contributed by atoms with Crippen LogP contribution >= 0.6 is 0 Å². The molecule has 0 amide bonds. The summed E-state index contributed by atoms with van der Waals surface area (Å²) >= 11 is 0. The molecule has 0 bridgehead atoms. The van der Waals surface area contributed by atoms with Crippen molar-refractivity contribution in [2.45, 2.75) is 6.92 Å². The molecule has 5 heteroatoms. The number of carbonyl (C=O) groups excluding carboxylic acids is 1. The summed E-state index contributed by atoms with van der Waals surface area (Å²) in [4.78, 5) is 11.1. The number of nitriles is 1. The van der Waals surface area contributed by atoms with Crippen molar-refractivity contribution in [3.8, 4) is 17.6 Å². The Morgan fingerprint density at radius 2 is 1.90 bits per heavy atom. The molecule has 0 aliphatic rings. The zero-order chi connectivity index (χ0) is 14.7. The van der Waals surface area contributed by atoms with Crippen LogP contribution in [0, 0.1) is 23.0 Å². The van der Waals surface area contributed by atoms with Crippen LogP contribution in [0.25, 0.3) is 0 Å². The van der Waals surface area contributed by atoms with Gasteiger partial charge in [0.05, 0.1) is 0 Å². The van der Waals surface area contributed by atoms with E-state index in [1.54, 1.807) is 6.07 Å². The molecule has 100 valence electrons. The van der Waals surface area contributed by atoms with Gasteiger partial charge < -0.3 is 4.74 Å². The van der Waals surface area contributed by atoms with Crippen LogP contribution in [0.1, 0.15) is 22.8 Å². The van der Waals surface area contributed by atoms with Gasteiger partial charge in [-0.05, 0) is 37.3 Å². The maximum atomic E-state index is 13.8. The maximum Gasteiger partial charge on any atom is 0.166 e. The smallest absolute Gasteiger partial charge is 0.166 e. The summed E-state index contributed by atoms with van der Waals surface area (Å²) in [5.41, 5.74) is -0.0999. The molecule has 20 heavy (non-hydrogen) atoms. The van der Waals surface area contributed by atoms with Crippen molar-refractivity contribution in [1.82, 2.24) is 0 Å². The Morgan fingerprint density at radius 3 is 2.50 bits per heavy atom. The second kappa shape index (κ2) is 5.49. The molecule has 0 aliphatic heterocycles. The number of ether oxygens (including phenoxy) is 1. The number of halogens is 2. The second-order valence-corrected chi connectivity index (χ2v) is 4.03. The molecular formula is C15H9F2NO2. The summed E-state index contributed by atoms with van der Waals surface area (Å²) in [5, 5.41) is 8.86. The van der Waals surface area contributed by atoms with Crippen LogP contribution in [-0.4, -0.2) is 5.78 Å². The molecule has 0 unspecified atom stereocenters.